The van der Waals surface area contributed by atoms with Crippen molar-refractivity contribution in [3.8, 4) is 0 Å². The van der Waals surface area contributed by atoms with E-state index in [-0.39, 0.29) is 5.91 Å². The number of aryl methyl sites for hydroxylation is 1. The average molecular weight is 289 g/mol. The molecule has 0 spiro atoms. The number of anilines is 1. The molecule has 1 unspecified atom stereocenters. The lowest BCUT2D eigenvalue weighted by Crippen LogP contribution is -2.38. The Kier molecular flexibility index (Phi) is 5.59. The Morgan fingerprint density at radius 1 is 1.38 bits per heavy atom. The summed E-state index contributed by atoms with van der Waals surface area (Å²) in [4.78, 5) is 19.4. The number of hydrogen-bond acceptors (Lipinski definition) is 3. The van der Waals surface area contributed by atoms with Crippen molar-refractivity contribution < 1.29 is 4.79 Å². The second-order valence-electron chi connectivity index (χ2n) is 5.93. The molecule has 0 saturated carbocycles. The molecule has 116 valence electrons. The van der Waals surface area contributed by atoms with E-state index in [0.717, 1.165) is 49.3 Å². The van der Waals surface area contributed by atoms with Crippen molar-refractivity contribution in [3.05, 3.63) is 23.4 Å². The predicted octanol–water partition coefficient (Wildman–Crippen LogP) is 3.48. The summed E-state index contributed by atoms with van der Waals surface area (Å²) in [7, 11) is 1.85. The van der Waals surface area contributed by atoms with Crippen LogP contribution >= 0.6 is 0 Å². The van der Waals surface area contributed by atoms with Gasteiger partial charge in [0.2, 0.25) is 0 Å². The normalized spacial score (nSPS) is 19.2. The third-order valence-electron chi connectivity index (χ3n) is 4.20. The lowest BCUT2D eigenvalue weighted by Gasteiger charge is -2.27. The number of nitrogens with one attached hydrogen (secondary N) is 1. The highest BCUT2D eigenvalue weighted by atomic mass is 16.2. The van der Waals surface area contributed by atoms with Crippen LogP contribution in [0.2, 0.25) is 0 Å². The lowest BCUT2D eigenvalue weighted by molar-refractivity contribution is 0.0697. The molecule has 1 aliphatic rings. The largest absolute Gasteiger partial charge is 0.373 e. The minimum absolute atomic E-state index is 0.153. The standard InChI is InChI=1S/C17H27N3O/c1-4-8-15-11-14(12-16(18-3)19-15)17(21)20-10-7-5-6-9-13(20)2/h11-13H,4-10H2,1-3H3,(H,18,19). The quantitative estimate of drug-likeness (QED) is 0.923. The molecule has 4 heteroatoms. The monoisotopic (exact) mass is 289 g/mol. The fourth-order valence-electron chi connectivity index (χ4n) is 2.97. The fraction of sp³-hybridized carbons (Fsp3) is 0.647. The molecule has 4 nitrogen and oxygen atoms in total. The van der Waals surface area contributed by atoms with Gasteiger partial charge >= 0.3 is 0 Å². The molecule has 2 rings (SSSR count). The number of nitrogens with zero attached hydrogens (tertiary/aromatic N) is 2. The van der Waals surface area contributed by atoms with Gasteiger partial charge in [-0.2, -0.15) is 0 Å². The van der Waals surface area contributed by atoms with Crippen LogP contribution in [-0.4, -0.2) is 35.4 Å². The van der Waals surface area contributed by atoms with E-state index in [9.17, 15) is 4.79 Å². The maximum absolute atomic E-state index is 12.9. The van der Waals surface area contributed by atoms with E-state index < -0.39 is 0 Å². The van der Waals surface area contributed by atoms with Crippen molar-refractivity contribution in [2.24, 2.45) is 0 Å². The van der Waals surface area contributed by atoms with Crippen LogP contribution in [0.25, 0.3) is 0 Å². The Hall–Kier alpha value is -1.58. The molecule has 0 radical (unpaired) electrons. The SMILES string of the molecule is CCCc1cc(C(=O)N2CCCCCC2C)cc(NC)n1. The second kappa shape index (κ2) is 7.43. The van der Waals surface area contributed by atoms with Gasteiger partial charge < -0.3 is 10.2 Å². The Labute approximate surface area is 127 Å². The molecule has 1 fully saturated rings. The molecule has 2 heterocycles. The van der Waals surface area contributed by atoms with Gasteiger partial charge in [-0.05, 0) is 38.3 Å². The van der Waals surface area contributed by atoms with Gasteiger partial charge in [-0.15, -0.1) is 0 Å². The first kappa shape index (κ1) is 15.8. The highest BCUT2D eigenvalue weighted by Crippen LogP contribution is 2.20. The van der Waals surface area contributed by atoms with Gasteiger partial charge in [0.05, 0.1) is 0 Å². The van der Waals surface area contributed by atoms with Gasteiger partial charge in [-0.25, -0.2) is 4.98 Å². The number of likely N-dealkylation sites (tertiary alicyclic amines) is 1. The van der Waals surface area contributed by atoms with Gasteiger partial charge in [-0.1, -0.05) is 26.2 Å². The number of aromatic nitrogens is 1. The molecule has 1 aromatic heterocycles. The molecule has 1 aliphatic heterocycles. The Morgan fingerprint density at radius 2 is 2.19 bits per heavy atom. The summed E-state index contributed by atoms with van der Waals surface area (Å²) in [5, 5.41) is 3.07. The number of amides is 1. The molecule has 1 atom stereocenters. The summed E-state index contributed by atoms with van der Waals surface area (Å²) in [5.74, 6) is 0.937. The van der Waals surface area contributed by atoms with E-state index in [0.29, 0.717) is 6.04 Å². The van der Waals surface area contributed by atoms with Crippen LogP contribution in [0, 0.1) is 0 Å². The summed E-state index contributed by atoms with van der Waals surface area (Å²) in [6.07, 6.45) is 6.62. The third kappa shape index (κ3) is 3.96. The molecule has 0 aromatic carbocycles. The average Bonchev–Trinajstić information content (AvgIpc) is 2.71. The Morgan fingerprint density at radius 3 is 2.90 bits per heavy atom. The zero-order valence-corrected chi connectivity index (χ0v) is 13.5. The maximum atomic E-state index is 12.9. The highest BCUT2D eigenvalue weighted by molar-refractivity contribution is 5.95. The Balaban J connectivity index is 2.26. The maximum Gasteiger partial charge on any atom is 0.254 e. The zero-order chi connectivity index (χ0) is 15.2. The summed E-state index contributed by atoms with van der Waals surface area (Å²) < 4.78 is 0. The third-order valence-corrected chi connectivity index (χ3v) is 4.20. The van der Waals surface area contributed by atoms with E-state index in [1.54, 1.807) is 0 Å². The van der Waals surface area contributed by atoms with Crippen molar-refractivity contribution in [2.75, 3.05) is 18.9 Å². The molecule has 1 N–H and O–H groups in total. The molecule has 1 amide bonds. The number of carbonyl (C=O) groups is 1. The second-order valence-corrected chi connectivity index (χ2v) is 5.93. The summed E-state index contributed by atoms with van der Waals surface area (Å²) in [5.41, 5.74) is 1.77. The van der Waals surface area contributed by atoms with Crippen LogP contribution < -0.4 is 5.32 Å². The molecule has 0 bridgehead atoms. The first-order valence-corrected chi connectivity index (χ1v) is 8.15. The van der Waals surface area contributed by atoms with Crippen molar-refractivity contribution in [1.82, 2.24) is 9.88 Å². The fourth-order valence-corrected chi connectivity index (χ4v) is 2.97. The number of hydrogen-bond donors (Lipinski definition) is 1. The molecule has 0 aliphatic carbocycles. The van der Waals surface area contributed by atoms with Crippen molar-refractivity contribution in [2.45, 2.75) is 58.4 Å². The molecular formula is C17H27N3O. The minimum Gasteiger partial charge on any atom is -0.373 e. The topological polar surface area (TPSA) is 45.2 Å². The van der Waals surface area contributed by atoms with Crippen LogP contribution in [0.4, 0.5) is 5.82 Å². The number of rotatable bonds is 4. The smallest absolute Gasteiger partial charge is 0.254 e. The summed E-state index contributed by atoms with van der Waals surface area (Å²) in [6, 6.07) is 4.17. The van der Waals surface area contributed by atoms with Gasteiger partial charge in [0, 0.05) is 30.9 Å². The highest BCUT2D eigenvalue weighted by Gasteiger charge is 2.23. The van der Waals surface area contributed by atoms with Crippen molar-refractivity contribution in [1.29, 1.82) is 0 Å². The summed E-state index contributed by atoms with van der Waals surface area (Å²) in [6.45, 7) is 5.17. The van der Waals surface area contributed by atoms with E-state index in [4.69, 9.17) is 0 Å². The molecular weight excluding hydrogens is 262 g/mol. The van der Waals surface area contributed by atoms with Crippen molar-refractivity contribution >= 4 is 11.7 Å². The van der Waals surface area contributed by atoms with Crippen molar-refractivity contribution in [3.63, 3.8) is 0 Å². The summed E-state index contributed by atoms with van der Waals surface area (Å²) >= 11 is 0. The molecule has 21 heavy (non-hydrogen) atoms. The van der Waals surface area contributed by atoms with Crippen LogP contribution in [0.1, 0.15) is 62.0 Å². The van der Waals surface area contributed by atoms with Crippen LogP contribution in [-0.2, 0) is 6.42 Å². The molecule has 1 saturated heterocycles. The number of carbonyl (C=O) groups excluding carboxylic acids is 1. The first-order chi connectivity index (χ1) is 10.2. The van der Waals surface area contributed by atoms with Crippen LogP contribution in [0.15, 0.2) is 12.1 Å². The van der Waals surface area contributed by atoms with E-state index in [1.165, 1.54) is 12.8 Å². The van der Waals surface area contributed by atoms with Gasteiger partial charge in [0.1, 0.15) is 5.82 Å². The van der Waals surface area contributed by atoms with Gasteiger partial charge in [-0.3, -0.25) is 4.79 Å². The predicted molar refractivity (Wildman–Crippen MR) is 86.7 cm³/mol. The van der Waals surface area contributed by atoms with Crippen LogP contribution in [0.5, 0.6) is 0 Å². The van der Waals surface area contributed by atoms with Gasteiger partial charge in [0.15, 0.2) is 0 Å². The molecule has 1 aromatic rings. The van der Waals surface area contributed by atoms with E-state index in [2.05, 4.69) is 24.1 Å². The minimum atomic E-state index is 0.153. The first-order valence-electron chi connectivity index (χ1n) is 8.15. The number of pyridine rings is 1. The van der Waals surface area contributed by atoms with E-state index in [1.807, 2.05) is 24.1 Å². The Bertz CT molecular complexity index is 487. The lowest BCUT2D eigenvalue weighted by atomic mass is 10.1. The van der Waals surface area contributed by atoms with Gasteiger partial charge in [0.25, 0.3) is 5.91 Å². The van der Waals surface area contributed by atoms with E-state index >= 15 is 0 Å². The van der Waals surface area contributed by atoms with Crippen LogP contribution in [0.3, 0.4) is 0 Å². The zero-order valence-electron chi connectivity index (χ0n) is 13.5.